The van der Waals surface area contributed by atoms with Gasteiger partial charge in [0.15, 0.2) is 5.76 Å². The number of carbonyl (C=O) groups is 1. The van der Waals surface area contributed by atoms with E-state index >= 15 is 0 Å². The van der Waals surface area contributed by atoms with Gasteiger partial charge >= 0.3 is 0 Å². The molecule has 0 aliphatic heterocycles. The second-order valence-electron chi connectivity index (χ2n) is 4.78. The van der Waals surface area contributed by atoms with Crippen molar-refractivity contribution in [1.29, 1.82) is 0 Å². The number of aliphatic hydroxyl groups is 1. The smallest absolute Gasteiger partial charge is 0.287 e. The summed E-state index contributed by atoms with van der Waals surface area (Å²) in [5, 5.41) is 12.4. The zero-order valence-electron chi connectivity index (χ0n) is 11.3. The Morgan fingerprint density at radius 3 is 2.55 bits per heavy atom. The molecule has 1 atom stereocenters. The van der Waals surface area contributed by atoms with E-state index in [1.165, 1.54) is 0 Å². The molecule has 5 heteroatoms. The van der Waals surface area contributed by atoms with Crippen molar-refractivity contribution in [2.24, 2.45) is 5.73 Å². The van der Waals surface area contributed by atoms with Gasteiger partial charge in [-0.05, 0) is 24.6 Å². The quantitative estimate of drug-likeness (QED) is 0.768. The molecular weight excluding hydrogens is 256 g/mol. The molecule has 5 nitrogen and oxygen atoms in total. The van der Waals surface area contributed by atoms with E-state index in [-0.39, 0.29) is 24.8 Å². The first-order valence-electron chi connectivity index (χ1n) is 6.37. The molecule has 106 valence electrons. The molecule has 0 radical (unpaired) electrons. The van der Waals surface area contributed by atoms with Crippen LogP contribution in [0.2, 0.25) is 0 Å². The van der Waals surface area contributed by atoms with Crippen LogP contribution in [0, 0.1) is 0 Å². The molecule has 0 saturated heterocycles. The van der Waals surface area contributed by atoms with Gasteiger partial charge in [0.05, 0.1) is 18.7 Å². The molecule has 20 heavy (non-hydrogen) atoms. The molecule has 4 N–H and O–H groups in total. The first-order chi connectivity index (χ1) is 9.59. The van der Waals surface area contributed by atoms with Crippen LogP contribution in [0.1, 0.15) is 28.8 Å². The van der Waals surface area contributed by atoms with Crippen molar-refractivity contribution in [2.45, 2.75) is 19.0 Å². The third-order valence-electron chi connectivity index (χ3n) is 3.20. The number of hydrogen-bond acceptors (Lipinski definition) is 4. The van der Waals surface area contributed by atoms with Crippen LogP contribution in [0.25, 0.3) is 0 Å². The Labute approximate surface area is 117 Å². The normalized spacial score (nSPS) is 13.8. The minimum Gasteiger partial charge on any atom is -0.455 e. The van der Waals surface area contributed by atoms with E-state index in [4.69, 9.17) is 10.2 Å². The van der Waals surface area contributed by atoms with Crippen molar-refractivity contribution >= 4 is 5.91 Å². The van der Waals surface area contributed by atoms with Crippen molar-refractivity contribution in [1.82, 2.24) is 5.32 Å². The summed E-state index contributed by atoms with van der Waals surface area (Å²) in [7, 11) is 0. The first kappa shape index (κ1) is 14.3. The summed E-state index contributed by atoms with van der Waals surface area (Å²) in [6.45, 7) is 1.78. The van der Waals surface area contributed by atoms with Gasteiger partial charge in [-0.25, -0.2) is 0 Å². The largest absolute Gasteiger partial charge is 0.455 e. The Bertz CT molecular complexity index is 580. The summed E-state index contributed by atoms with van der Waals surface area (Å²) in [5.41, 5.74) is 5.40. The summed E-state index contributed by atoms with van der Waals surface area (Å²) in [6.07, 6.45) is 0. The second-order valence-corrected chi connectivity index (χ2v) is 4.78. The SMILES string of the molecule is CC(CO)(NC(=O)c1ccc(CN)o1)c1ccccc1. The number of carbonyl (C=O) groups excluding carboxylic acids is 1. The Morgan fingerprint density at radius 2 is 2.00 bits per heavy atom. The Hall–Kier alpha value is -2.11. The molecule has 1 aromatic heterocycles. The number of nitrogens with two attached hydrogens (primary N) is 1. The summed E-state index contributed by atoms with van der Waals surface area (Å²) in [6, 6.07) is 12.5. The number of amides is 1. The van der Waals surface area contributed by atoms with E-state index in [1.54, 1.807) is 19.1 Å². The molecule has 0 aliphatic rings. The zero-order valence-corrected chi connectivity index (χ0v) is 11.3. The molecule has 0 fully saturated rings. The fraction of sp³-hybridized carbons (Fsp3) is 0.267. The van der Waals surface area contributed by atoms with Crippen molar-refractivity contribution in [3.63, 3.8) is 0 Å². The molecule has 0 saturated carbocycles. The lowest BCUT2D eigenvalue weighted by Gasteiger charge is -2.28. The molecule has 1 heterocycles. The highest BCUT2D eigenvalue weighted by atomic mass is 16.4. The van der Waals surface area contributed by atoms with Crippen LogP contribution in [0.15, 0.2) is 46.9 Å². The van der Waals surface area contributed by atoms with Gasteiger partial charge in [-0.15, -0.1) is 0 Å². The average Bonchev–Trinajstić information content (AvgIpc) is 2.97. The van der Waals surface area contributed by atoms with Crippen molar-refractivity contribution < 1.29 is 14.3 Å². The lowest BCUT2D eigenvalue weighted by Crippen LogP contribution is -2.46. The molecule has 0 spiro atoms. The highest BCUT2D eigenvalue weighted by molar-refractivity contribution is 5.92. The number of rotatable bonds is 5. The third kappa shape index (κ3) is 2.89. The van der Waals surface area contributed by atoms with Gasteiger partial charge in [0.25, 0.3) is 5.91 Å². The maximum absolute atomic E-state index is 12.2. The number of hydrogen-bond donors (Lipinski definition) is 3. The lowest BCUT2D eigenvalue weighted by atomic mass is 9.93. The van der Waals surface area contributed by atoms with E-state index in [0.29, 0.717) is 5.76 Å². The molecule has 0 aliphatic carbocycles. The minimum absolute atomic E-state index is 0.182. The number of nitrogens with one attached hydrogen (secondary N) is 1. The van der Waals surface area contributed by atoms with Crippen molar-refractivity contribution in [2.75, 3.05) is 6.61 Å². The molecule has 1 aromatic carbocycles. The van der Waals surface area contributed by atoms with Gasteiger partial charge in [0.1, 0.15) is 5.76 Å². The average molecular weight is 274 g/mol. The fourth-order valence-electron chi connectivity index (χ4n) is 1.93. The molecule has 2 rings (SSSR count). The molecule has 2 aromatic rings. The zero-order chi connectivity index (χ0) is 14.6. The highest BCUT2D eigenvalue weighted by Crippen LogP contribution is 2.21. The third-order valence-corrected chi connectivity index (χ3v) is 3.20. The van der Waals surface area contributed by atoms with Crippen LogP contribution in [0.5, 0.6) is 0 Å². The Kier molecular flexibility index (Phi) is 4.22. The summed E-state index contributed by atoms with van der Waals surface area (Å²) in [5.74, 6) is 0.340. The summed E-state index contributed by atoms with van der Waals surface area (Å²) < 4.78 is 5.30. The maximum atomic E-state index is 12.2. The van der Waals surface area contributed by atoms with Crippen LogP contribution in [-0.2, 0) is 12.1 Å². The number of aliphatic hydroxyl groups excluding tert-OH is 1. The summed E-state index contributed by atoms with van der Waals surface area (Å²) in [4.78, 5) is 12.2. The standard InChI is InChI=1S/C15H18N2O3/c1-15(10-18,11-5-3-2-4-6-11)17-14(19)13-8-7-12(9-16)20-13/h2-8,18H,9-10,16H2,1H3,(H,17,19). The predicted molar refractivity (Wildman–Crippen MR) is 74.9 cm³/mol. The van der Waals surface area contributed by atoms with E-state index in [0.717, 1.165) is 5.56 Å². The summed E-state index contributed by atoms with van der Waals surface area (Å²) >= 11 is 0. The Balaban J connectivity index is 2.19. The van der Waals surface area contributed by atoms with Gasteiger partial charge in [-0.2, -0.15) is 0 Å². The minimum atomic E-state index is -0.867. The lowest BCUT2D eigenvalue weighted by molar-refractivity contribution is 0.0820. The van der Waals surface area contributed by atoms with Crippen molar-refractivity contribution in [3.05, 3.63) is 59.5 Å². The predicted octanol–water partition coefficient (Wildman–Crippen LogP) is 1.38. The van der Waals surface area contributed by atoms with E-state index < -0.39 is 5.54 Å². The molecule has 0 bridgehead atoms. The Morgan fingerprint density at radius 1 is 1.30 bits per heavy atom. The van der Waals surface area contributed by atoms with Gasteiger partial charge in [-0.1, -0.05) is 30.3 Å². The van der Waals surface area contributed by atoms with Crippen LogP contribution >= 0.6 is 0 Å². The highest BCUT2D eigenvalue weighted by Gasteiger charge is 2.29. The topological polar surface area (TPSA) is 88.5 Å². The van der Waals surface area contributed by atoms with Gasteiger partial charge in [0, 0.05) is 0 Å². The fourth-order valence-corrected chi connectivity index (χ4v) is 1.93. The second kappa shape index (κ2) is 5.90. The van der Waals surface area contributed by atoms with Crippen LogP contribution in [0.4, 0.5) is 0 Å². The molecule has 1 unspecified atom stereocenters. The molecular formula is C15H18N2O3. The van der Waals surface area contributed by atoms with E-state index in [9.17, 15) is 9.90 Å². The van der Waals surface area contributed by atoms with Gasteiger partial charge in [0.2, 0.25) is 0 Å². The van der Waals surface area contributed by atoms with Crippen LogP contribution in [0.3, 0.4) is 0 Å². The first-order valence-corrected chi connectivity index (χ1v) is 6.37. The van der Waals surface area contributed by atoms with E-state index in [1.807, 2.05) is 30.3 Å². The van der Waals surface area contributed by atoms with Gasteiger partial charge < -0.3 is 20.6 Å². The van der Waals surface area contributed by atoms with Crippen molar-refractivity contribution in [3.8, 4) is 0 Å². The van der Waals surface area contributed by atoms with E-state index in [2.05, 4.69) is 5.32 Å². The van der Waals surface area contributed by atoms with Gasteiger partial charge in [-0.3, -0.25) is 4.79 Å². The number of benzene rings is 1. The molecule has 1 amide bonds. The van der Waals surface area contributed by atoms with Crippen LogP contribution < -0.4 is 11.1 Å². The maximum Gasteiger partial charge on any atom is 0.287 e. The number of furan rings is 1. The van der Waals surface area contributed by atoms with Crippen LogP contribution in [-0.4, -0.2) is 17.6 Å². The monoisotopic (exact) mass is 274 g/mol.